The standard InChI is InChI=1S/C29H30N8O/c38-29(18-6-2-3-7-18)33-20-12-19(15-30-16-20)24-13-21-26(17-32-24)35-36-27(21)25-14-22-23(34-25)8-9-31-28(22)37-10-4-1-5-11-37/h8-9,12-18,34H,1-7,10-11H2,(H,33,38)(H,35,36). The van der Waals surface area contributed by atoms with Gasteiger partial charge in [-0.2, -0.15) is 5.10 Å². The predicted octanol–water partition coefficient (Wildman–Crippen LogP) is 5.68. The Hall–Kier alpha value is -4.27. The Morgan fingerprint density at radius 1 is 0.921 bits per heavy atom. The van der Waals surface area contributed by atoms with Crippen LogP contribution in [0.1, 0.15) is 44.9 Å². The molecule has 0 bridgehead atoms. The summed E-state index contributed by atoms with van der Waals surface area (Å²) >= 11 is 0. The van der Waals surface area contributed by atoms with Gasteiger partial charge in [0.2, 0.25) is 5.91 Å². The predicted molar refractivity (Wildman–Crippen MR) is 149 cm³/mol. The van der Waals surface area contributed by atoms with E-state index in [-0.39, 0.29) is 11.8 Å². The number of nitrogens with one attached hydrogen (secondary N) is 3. The Morgan fingerprint density at radius 3 is 2.66 bits per heavy atom. The maximum absolute atomic E-state index is 12.6. The van der Waals surface area contributed by atoms with Crippen molar-refractivity contribution in [2.45, 2.75) is 44.9 Å². The number of nitrogens with zero attached hydrogens (tertiary/aromatic N) is 5. The maximum Gasteiger partial charge on any atom is 0.227 e. The number of amides is 1. The van der Waals surface area contributed by atoms with Crippen LogP contribution in [0.5, 0.6) is 0 Å². The average molecular weight is 507 g/mol. The number of hydrogen-bond donors (Lipinski definition) is 3. The third-order valence-electron chi connectivity index (χ3n) is 7.91. The number of pyridine rings is 3. The molecule has 5 aromatic heterocycles. The molecule has 2 fully saturated rings. The van der Waals surface area contributed by atoms with Gasteiger partial charge in [0.15, 0.2) is 0 Å². The lowest BCUT2D eigenvalue weighted by molar-refractivity contribution is -0.119. The number of fused-ring (bicyclic) bond motifs is 2. The van der Waals surface area contributed by atoms with E-state index in [4.69, 9.17) is 4.98 Å². The van der Waals surface area contributed by atoms with Crippen LogP contribution in [-0.4, -0.2) is 49.1 Å². The van der Waals surface area contributed by atoms with Gasteiger partial charge < -0.3 is 15.2 Å². The molecule has 0 radical (unpaired) electrons. The lowest BCUT2D eigenvalue weighted by atomic mass is 10.1. The molecule has 9 nitrogen and oxygen atoms in total. The van der Waals surface area contributed by atoms with Gasteiger partial charge in [0.05, 0.1) is 40.5 Å². The number of carbonyl (C=O) groups is 1. The number of rotatable bonds is 5. The fourth-order valence-corrected chi connectivity index (χ4v) is 5.88. The first kappa shape index (κ1) is 22.9. The second-order valence-electron chi connectivity index (χ2n) is 10.4. The van der Waals surface area contributed by atoms with E-state index < -0.39 is 0 Å². The molecule has 0 atom stereocenters. The molecule has 9 heteroatoms. The van der Waals surface area contributed by atoms with Crippen LogP contribution in [0.2, 0.25) is 0 Å². The van der Waals surface area contributed by atoms with E-state index >= 15 is 0 Å². The molecule has 1 saturated carbocycles. The first-order valence-electron chi connectivity index (χ1n) is 13.6. The highest BCUT2D eigenvalue weighted by Crippen LogP contribution is 2.34. The fraction of sp³-hybridized carbons (Fsp3) is 0.345. The lowest BCUT2D eigenvalue weighted by Gasteiger charge is -2.28. The summed E-state index contributed by atoms with van der Waals surface area (Å²) in [5.74, 6) is 1.22. The Labute approximate surface area is 220 Å². The number of H-pyrrole nitrogens is 2. The van der Waals surface area contributed by atoms with Crippen LogP contribution in [0.25, 0.3) is 44.5 Å². The first-order chi connectivity index (χ1) is 18.7. The van der Waals surface area contributed by atoms with Gasteiger partial charge in [-0.25, -0.2) is 4.98 Å². The van der Waals surface area contributed by atoms with Crippen LogP contribution in [0, 0.1) is 5.92 Å². The van der Waals surface area contributed by atoms with Crippen molar-refractivity contribution in [3.8, 4) is 22.6 Å². The molecule has 38 heavy (non-hydrogen) atoms. The van der Waals surface area contributed by atoms with Crippen molar-refractivity contribution < 1.29 is 4.79 Å². The Morgan fingerprint density at radius 2 is 1.79 bits per heavy atom. The summed E-state index contributed by atoms with van der Waals surface area (Å²) in [6.07, 6.45) is 15.0. The summed E-state index contributed by atoms with van der Waals surface area (Å²) in [6.45, 7) is 2.09. The fourth-order valence-electron chi connectivity index (χ4n) is 5.88. The molecule has 7 rings (SSSR count). The maximum atomic E-state index is 12.6. The van der Waals surface area contributed by atoms with E-state index in [9.17, 15) is 4.79 Å². The molecule has 0 aromatic carbocycles. The van der Waals surface area contributed by atoms with Crippen molar-refractivity contribution in [1.29, 1.82) is 0 Å². The van der Waals surface area contributed by atoms with Gasteiger partial charge in [-0.15, -0.1) is 0 Å². The van der Waals surface area contributed by atoms with Crippen molar-refractivity contribution >= 4 is 39.2 Å². The second kappa shape index (κ2) is 9.55. The van der Waals surface area contributed by atoms with E-state index in [2.05, 4.69) is 41.4 Å². The monoisotopic (exact) mass is 506 g/mol. The topological polar surface area (TPSA) is 115 Å². The van der Waals surface area contributed by atoms with Crippen molar-refractivity contribution in [3.63, 3.8) is 0 Å². The third kappa shape index (κ3) is 4.17. The van der Waals surface area contributed by atoms with Crippen molar-refractivity contribution in [3.05, 3.63) is 49.1 Å². The molecule has 0 spiro atoms. The Bertz CT molecular complexity index is 1620. The number of carbonyl (C=O) groups excluding carboxylic acids is 1. The number of aromatic nitrogens is 6. The van der Waals surface area contributed by atoms with Crippen LogP contribution in [0.3, 0.4) is 0 Å². The summed E-state index contributed by atoms with van der Waals surface area (Å²) in [4.78, 5) is 32.3. The summed E-state index contributed by atoms with van der Waals surface area (Å²) in [6, 6.07) is 8.14. The van der Waals surface area contributed by atoms with Gasteiger partial charge in [0.25, 0.3) is 0 Å². The minimum Gasteiger partial charge on any atom is -0.356 e. The van der Waals surface area contributed by atoms with Gasteiger partial charge in [-0.3, -0.25) is 19.9 Å². The van der Waals surface area contributed by atoms with Gasteiger partial charge >= 0.3 is 0 Å². The van der Waals surface area contributed by atoms with Gasteiger partial charge in [-0.1, -0.05) is 12.8 Å². The molecular weight excluding hydrogens is 476 g/mol. The molecule has 0 unspecified atom stereocenters. The molecule has 5 aromatic rings. The molecule has 192 valence electrons. The molecule has 1 aliphatic heterocycles. The normalized spacial score (nSPS) is 16.5. The molecule has 3 N–H and O–H groups in total. The van der Waals surface area contributed by atoms with Crippen LogP contribution in [0.15, 0.2) is 49.1 Å². The molecular formula is C29H30N8O. The van der Waals surface area contributed by atoms with E-state index in [0.29, 0.717) is 5.69 Å². The minimum absolute atomic E-state index is 0.0826. The molecule has 2 aliphatic rings. The molecule has 1 saturated heterocycles. The highest BCUT2D eigenvalue weighted by atomic mass is 16.1. The molecule has 6 heterocycles. The smallest absolute Gasteiger partial charge is 0.227 e. The molecule has 1 aliphatic carbocycles. The third-order valence-corrected chi connectivity index (χ3v) is 7.91. The number of hydrogen-bond acceptors (Lipinski definition) is 6. The zero-order valence-corrected chi connectivity index (χ0v) is 21.2. The highest BCUT2D eigenvalue weighted by Gasteiger charge is 2.23. The summed E-state index contributed by atoms with van der Waals surface area (Å²) < 4.78 is 0. The summed E-state index contributed by atoms with van der Waals surface area (Å²) in [5, 5.41) is 12.9. The zero-order chi connectivity index (χ0) is 25.5. The van der Waals surface area contributed by atoms with Crippen molar-refractivity contribution in [2.24, 2.45) is 5.92 Å². The van der Waals surface area contributed by atoms with E-state index in [1.165, 1.54) is 19.3 Å². The minimum atomic E-state index is 0.0826. The quantitative estimate of drug-likeness (QED) is 0.282. The lowest BCUT2D eigenvalue weighted by Crippen LogP contribution is -2.30. The zero-order valence-electron chi connectivity index (χ0n) is 21.2. The largest absolute Gasteiger partial charge is 0.356 e. The Balaban J connectivity index is 1.22. The van der Waals surface area contributed by atoms with Crippen LogP contribution < -0.4 is 10.2 Å². The second-order valence-corrected chi connectivity index (χ2v) is 10.4. The highest BCUT2D eigenvalue weighted by molar-refractivity contribution is 5.99. The summed E-state index contributed by atoms with van der Waals surface area (Å²) in [5.41, 5.74) is 6.00. The molecule has 1 amide bonds. The number of anilines is 2. The van der Waals surface area contributed by atoms with Gasteiger partial charge in [0, 0.05) is 47.7 Å². The summed E-state index contributed by atoms with van der Waals surface area (Å²) in [7, 11) is 0. The number of piperidine rings is 1. The van der Waals surface area contributed by atoms with Gasteiger partial charge in [-0.05, 0) is 56.4 Å². The number of aromatic amines is 2. The van der Waals surface area contributed by atoms with Gasteiger partial charge in [0.1, 0.15) is 11.5 Å². The van der Waals surface area contributed by atoms with Crippen molar-refractivity contribution in [2.75, 3.05) is 23.3 Å². The van der Waals surface area contributed by atoms with Crippen LogP contribution in [0.4, 0.5) is 11.5 Å². The van der Waals surface area contributed by atoms with E-state index in [1.54, 1.807) is 18.6 Å². The van der Waals surface area contributed by atoms with Crippen LogP contribution >= 0.6 is 0 Å². The van der Waals surface area contributed by atoms with Crippen LogP contribution in [-0.2, 0) is 4.79 Å². The first-order valence-corrected chi connectivity index (χ1v) is 13.6. The van der Waals surface area contributed by atoms with Crippen molar-refractivity contribution in [1.82, 2.24) is 30.1 Å². The average Bonchev–Trinajstić information content (AvgIpc) is 3.73. The Kier molecular flexibility index (Phi) is 5.76. The SMILES string of the molecule is O=C(Nc1cncc(-c2cc3c(-c4cc5c(N6CCCCC6)nccc5[nH]4)n[nH]c3cn2)c1)C1CCCC1. The van der Waals surface area contributed by atoms with E-state index in [1.807, 2.05) is 24.4 Å². The van der Waals surface area contributed by atoms with E-state index in [0.717, 1.165) is 89.0 Å².